The van der Waals surface area contributed by atoms with Gasteiger partial charge in [0.2, 0.25) is 0 Å². The van der Waals surface area contributed by atoms with Crippen LogP contribution in [-0.4, -0.2) is 17.8 Å². The van der Waals surface area contributed by atoms with Gasteiger partial charge in [0.05, 0.1) is 12.7 Å². The molecular weight excluding hydrogens is 236 g/mol. The average molecular weight is 262 g/mol. The fraction of sp³-hybridized carbons (Fsp3) is 0.647. The van der Waals surface area contributed by atoms with Crippen molar-refractivity contribution >= 4 is 0 Å². The predicted octanol–water partition coefficient (Wildman–Crippen LogP) is 3.85. The number of aliphatic hydroxyl groups is 1. The van der Waals surface area contributed by atoms with Crippen molar-refractivity contribution in [3.8, 4) is 5.75 Å². The van der Waals surface area contributed by atoms with Crippen LogP contribution in [-0.2, 0) is 0 Å². The molecule has 1 aromatic carbocycles. The van der Waals surface area contributed by atoms with Gasteiger partial charge in [0.25, 0.3) is 0 Å². The Balaban J connectivity index is 2.03. The van der Waals surface area contributed by atoms with E-state index in [-0.39, 0.29) is 6.10 Å². The zero-order valence-electron chi connectivity index (χ0n) is 12.6. The number of rotatable bonds is 3. The first-order valence-corrected chi connectivity index (χ1v) is 7.37. The molecule has 0 aromatic heterocycles. The molecule has 0 spiro atoms. The lowest BCUT2D eigenvalue weighted by Crippen LogP contribution is -2.23. The van der Waals surface area contributed by atoms with Crippen LogP contribution in [0.1, 0.15) is 47.9 Å². The molecule has 0 atom stereocenters. The van der Waals surface area contributed by atoms with Crippen LogP contribution >= 0.6 is 0 Å². The van der Waals surface area contributed by atoms with Crippen molar-refractivity contribution in [2.24, 2.45) is 5.92 Å². The van der Waals surface area contributed by atoms with E-state index in [2.05, 4.69) is 33.8 Å². The fourth-order valence-corrected chi connectivity index (χ4v) is 2.91. The van der Waals surface area contributed by atoms with E-state index in [1.165, 1.54) is 22.3 Å². The highest BCUT2D eigenvalue weighted by molar-refractivity contribution is 5.48. The molecule has 1 aromatic rings. The maximum atomic E-state index is 9.53. The second-order valence-electron chi connectivity index (χ2n) is 6.08. The zero-order chi connectivity index (χ0) is 14.0. The van der Waals surface area contributed by atoms with Crippen LogP contribution < -0.4 is 4.74 Å². The second kappa shape index (κ2) is 5.96. The van der Waals surface area contributed by atoms with E-state index in [0.717, 1.165) is 38.0 Å². The first-order chi connectivity index (χ1) is 8.99. The van der Waals surface area contributed by atoms with Gasteiger partial charge < -0.3 is 9.84 Å². The topological polar surface area (TPSA) is 29.5 Å². The highest BCUT2D eigenvalue weighted by atomic mass is 16.5. The standard InChI is InChI=1S/C17H26O2/c1-11-9-12(2)14(4)17(13(11)3)19-10-15-5-7-16(18)8-6-15/h9,15-16,18H,5-8,10H2,1-4H3. The van der Waals surface area contributed by atoms with Crippen LogP contribution in [0.3, 0.4) is 0 Å². The lowest BCUT2D eigenvalue weighted by Gasteiger charge is -2.26. The molecule has 106 valence electrons. The molecule has 2 rings (SSSR count). The van der Waals surface area contributed by atoms with Crippen molar-refractivity contribution in [1.82, 2.24) is 0 Å². The van der Waals surface area contributed by atoms with Crippen LogP contribution in [0.2, 0.25) is 0 Å². The van der Waals surface area contributed by atoms with Gasteiger partial charge in [0.1, 0.15) is 5.75 Å². The molecule has 2 nitrogen and oxygen atoms in total. The molecule has 0 bridgehead atoms. The third kappa shape index (κ3) is 3.30. The average Bonchev–Trinajstić information content (AvgIpc) is 2.38. The summed E-state index contributed by atoms with van der Waals surface area (Å²) in [5, 5.41) is 9.53. The van der Waals surface area contributed by atoms with E-state index in [1.807, 2.05) is 0 Å². The van der Waals surface area contributed by atoms with Crippen LogP contribution in [0.25, 0.3) is 0 Å². The van der Waals surface area contributed by atoms with E-state index in [4.69, 9.17) is 4.74 Å². The number of benzene rings is 1. The Morgan fingerprint density at radius 3 is 2.05 bits per heavy atom. The fourth-order valence-electron chi connectivity index (χ4n) is 2.91. The number of ether oxygens (including phenoxy) is 1. The summed E-state index contributed by atoms with van der Waals surface area (Å²) in [6.45, 7) is 9.36. The van der Waals surface area contributed by atoms with Gasteiger partial charge in [0.15, 0.2) is 0 Å². The van der Waals surface area contributed by atoms with Crippen molar-refractivity contribution in [3.05, 3.63) is 28.3 Å². The summed E-state index contributed by atoms with van der Waals surface area (Å²) < 4.78 is 6.12. The van der Waals surface area contributed by atoms with E-state index in [0.29, 0.717) is 5.92 Å². The minimum Gasteiger partial charge on any atom is -0.493 e. The molecule has 1 aliphatic rings. The summed E-state index contributed by atoms with van der Waals surface area (Å²) in [4.78, 5) is 0. The molecule has 0 aliphatic heterocycles. The molecule has 2 heteroatoms. The molecule has 0 radical (unpaired) electrons. The van der Waals surface area contributed by atoms with Gasteiger partial charge in [-0.1, -0.05) is 6.07 Å². The van der Waals surface area contributed by atoms with Crippen molar-refractivity contribution in [2.75, 3.05) is 6.61 Å². The Kier molecular flexibility index (Phi) is 4.51. The minimum absolute atomic E-state index is 0.0825. The summed E-state index contributed by atoms with van der Waals surface area (Å²) in [6.07, 6.45) is 3.95. The number of aliphatic hydroxyl groups excluding tert-OH is 1. The third-order valence-corrected chi connectivity index (χ3v) is 4.58. The van der Waals surface area contributed by atoms with Crippen molar-refractivity contribution in [2.45, 2.75) is 59.5 Å². The molecule has 1 N–H and O–H groups in total. The van der Waals surface area contributed by atoms with Gasteiger partial charge in [-0.3, -0.25) is 0 Å². The smallest absolute Gasteiger partial charge is 0.125 e. The lowest BCUT2D eigenvalue weighted by molar-refractivity contribution is 0.0914. The van der Waals surface area contributed by atoms with E-state index >= 15 is 0 Å². The van der Waals surface area contributed by atoms with Gasteiger partial charge in [-0.2, -0.15) is 0 Å². The first kappa shape index (κ1) is 14.4. The predicted molar refractivity (Wildman–Crippen MR) is 78.8 cm³/mol. The van der Waals surface area contributed by atoms with Gasteiger partial charge in [0, 0.05) is 0 Å². The lowest BCUT2D eigenvalue weighted by atomic mass is 9.88. The quantitative estimate of drug-likeness (QED) is 0.896. The minimum atomic E-state index is -0.0825. The molecule has 1 fully saturated rings. The Morgan fingerprint density at radius 1 is 1.00 bits per heavy atom. The summed E-state index contributed by atoms with van der Waals surface area (Å²) in [5.74, 6) is 1.67. The highest BCUT2D eigenvalue weighted by Gasteiger charge is 2.20. The molecule has 19 heavy (non-hydrogen) atoms. The summed E-state index contributed by atoms with van der Waals surface area (Å²) >= 11 is 0. The van der Waals surface area contributed by atoms with E-state index < -0.39 is 0 Å². The number of aryl methyl sites for hydroxylation is 2. The Bertz CT molecular complexity index is 417. The van der Waals surface area contributed by atoms with Crippen molar-refractivity contribution in [1.29, 1.82) is 0 Å². The van der Waals surface area contributed by atoms with Crippen molar-refractivity contribution in [3.63, 3.8) is 0 Å². The Labute approximate surface area is 116 Å². The summed E-state index contributed by atoms with van der Waals surface area (Å²) in [6, 6.07) is 2.23. The highest BCUT2D eigenvalue weighted by Crippen LogP contribution is 2.31. The SMILES string of the molecule is Cc1cc(C)c(C)c(OCC2CCC(O)CC2)c1C. The van der Waals surface area contributed by atoms with Gasteiger partial charge in [-0.15, -0.1) is 0 Å². The molecule has 0 amide bonds. The zero-order valence-corrected chi connectivity index (χ0v) is 12.6. The largest absolute Gasteiger partial charge is 0.493 e. The first-order valence-electron chi connectivity index (χ1n) is 7.37. The molecule has 0 heterocycles. The Morgan fingerprint density at radius 2 is 1.53 bits per heavy atom. The summed E-state index contributed by atoms with van der Waals surface area (Å²) in [7, 11) is 0. The molecular formula is C17H26O2. The monoisotopic (exact) mass is 262 g/mol. The molecule has 1 aliphatic carbocycles. The second-order valence-corrected chi connectivity index (χ2v) is 6.08. The van der Waals surface area contributed by atoms with Gasteiger partial charge >= 0.3 is 0 Å². The van der Waals surface area contributed by atoms with Crippen LogP contribution in [0.5, 0.6) is 5.75 Å². The normalized spacial score (nSPS) is 23.4. The Hall–Kier alpha value is -1.02. The van der Waals surface area contributed by atoms with Gasteiger partial charge in [-0.05, 0) is 81.5 Å². The van der Waals surface area contributed by atoms with Crippen LogP contribution in [0.4, 0.5) is 0 Å². The summed E-state index contributed by atoms with van der Waals surface area (Å²) in [5.41, 5.74) is 5.13. The van der Waals surface area contributed by atoms with Crippen LogP contribution in [0, 0.1) is 33.6 Å². The molecule has 0 saturated heterocycles. The molecule has 0 unspecified atom stereocenters. The maximum Gasteiger partial charge on any atom is 0.125 e. The van der Waals surface area contributed by atoms with E-state index in [1.54, 1.807) is 0 Å². The number of hydrogen-bond acceptors (Lipinski definition) is 2. The van der Waals surface area contributed by atoms with Crippen LogP contribution in [0.15, 0.2) is 6.07 Å². The van der Waals surface area contributed by atoms with Crippen molar-refractivity contribution < 1.29 is 9.84 Å². The van der Waals surface area contributed by atoms with Gasteiger partial charge in [-0.25, -0.2) is 0 Å². The molecule has 1 saturated carbocycles. The maximum absolute atomic E-state index is 9.53. The third-order valence-electron chi connectivity index (χ3n) is 4.58. The van der Waals surface area contributed by atoms with E-state index in [9.17, 15) is 5.11 Å². The number of hydrogen-bond donors (Lipinski definition) is 1.